The molecule has 178 valence electrons. The quantitative estimate of drug-likeness (QED) is 0.559. The lowest BCUT2D eigenvalue weighted by molar-refractivity contribution is -0.137. The fourth-order valence-corrected chi connectivity index (χ4v) is 3.87. The minimum absolute atomic E-state index is 0.345. The van der Waals surface area contributed by atoms with Crippen molar-refractivity contribution in [1.29, 1.82) is 5.26 Å². The second-order valence-electron chi connectivity index (χ2n) is 8.33. The highest BCUT2D eigenvalue weighted by molar-refractivity contribution is 6.23. The molecule has 3 aromatic rings. The fraction of sp³-hybridized carbons (Fsp3) is 0.208. The van der Waals surface area contributed by atoms with Crippen molar-refractivity contribution in [2.24, 2.45) is 0 Å². The molecule has 1 aliphatic rings. The van der Waals surface area contributed by atoms with Gasteiger partial charge in [-0.3, -0.25) is 14.6 Å². The van der Waals surface area contributed by atoms with Gasteiger partial charge in [0.05, 0.1) is 34.1 Å². The lowest BCUT2D eigenvalue weighted by Gasteiger charge is -2.27. The molecule has 1 aliphatic heterocycles. The van der Waals surface area contributed by atoms with Crippen LogP contribution in [-0.4, -0.2) is 39.8 Å². The molecule has 0 spiro atoms. The Bertz CT molecular complexity index is 1410. The first kappa shape index (κ1) is 23.7. The van der Waals surface area contributed by atoms with E-state index in [1.165, 1.54) is 26.1 Å². The van der Waals surface area contributed by atoms with E-state index < -0.39 is 47.2 Å². The Morgan fingerprint density at radius 2 is 1.86 bits per heavy atom. The van der Waals surface area contributed by atoms with E-state index in [-0.39, 0.29) is 5.69 Å². The highest BCUT2D eigenvalue weighted by Gasteiger charge is 2.52. The number of carbonyl (C=O) groups is 3. The first-order chi connectivity index (χ1) is 16.4. The summed E-state index contributed by atoms with van der Waals surface area (Å²) < 4.78 is 40.2. The first-order valence-electron chi connectivity index (χ1n) is 10.4. The third-order valence-corrected chi connectivity index (χ3v) is 5.74. The predicted molar refractivity (Wildman–Crippen MR) is 120 cm³/mol. The molecule has 0 atom stereocenters. The van der Waals surface area contributed by atoms with Gasteiger partial charge in [0.1, 0.15) is 12.1 Å². The summed E-state index contributed by atoms with van der Waals surface area (Å²) in [5.74, 6) is -1.41. The van der Waals surface area contributed by atoms with Crippen molar-refractivity contribution in [3.63, 3.8) is 0 Å². The normalized spacial score (nSPS) is 15.4. The number of pyridine rings is 1. The average molecular weight is 481 g/mol. The van der Waals surface area contributed by atoms with Crippen LogP contribution in [0.4, 0.5) is 29.3 Å². The van der Waals surface area contributed by atoms with Crippen LogP contribution in [0.3, 0.4) is 0 Å². The zero-order chi connectivity index (χ0) is 25.5. The van der Waals surface area contributed by atoms with Crippen LogP contribution in [0.15, 0.2) is 54.7 Å². The Hall–Kier alpha value is -4.46. The van der Waals surface area contributed by atoms with E-state index in [0.29, 0.717) is 27.6 Å². The second kappa shape index (κ2) is 8.39. The van der Waals surface area contributed by atoms with Crippen LogP contribution < -0.4 is 10.2 Å². The lowest BCUT2D eigenvalue weighted by Crippen LogP contribution is -2.47. The molecule has 0 bridgehead atoms. The number of amides is 4. The largest absolute Gasteiger partial charge is 0.417 e. The Balaban J connectivity index is 1.62. The molecule has 4 rings (SSSR count). The summed E-state index contributed by atoms with van der Waals surface area (Å²) in [7, 11) is 0. The van der Waals surface area contributed by atoms with Crippen molar-refractivity contribution < 1.29 is 27.6 Å². The number of hydrogen-bond donors (Lipinski definition) is 1. The van der Waals surface area contributed by atoms with E-state index in [1.807, 2.05) is 0 Å². The number of fused-ring (bicyclic) bond motifs is 1. The van der Waals surface area contributed by atoms with E-state index in [2.05, 4.69) is 10.3 Å². The van der Waals surface area contributed by atoms with Crippen molar-refractivity contribution in [3.8, 4) is 6.07 Å². The number of nitrogens with zero attached hydrogens (tertiary/aromatic N) is 4. The molecule has 1 fully saturated rings. The van der Waals surface area contributed by atoms with Crippen LogP contribution in [0.25, 0.3) is 10.9 Å². The maximum absolute atomic E-state index is 13.4. The maximum atomic E-state index is 13.4. The highest BCUT2D eigenvalue weighted by atomic mass is 19.4. The molecule has 11 heteroatoms. The van der Waals surface area contributed by atoms with Gasteiger partial charge in [0.2, 0.25) is 5.91 Å². The average Bonchev–Trinajstić information content (AvgIpc) is 2.97. The predicted octanol–water partition coefficient (Wildman–Crippen LogP) is 4.31. The van der Waals surface area contributed by atoms with E-state index in [4.69, 9.17) is 5.26 Å². The fourth-order valence-electron chi connectivity index (χ4n) is 3.87. The van der Waals surface area contributed by atoms with Crippen LogP contribution in [-0.2, 0) is 15.8 Å². The number of nitrogens with one attached hydrogen (secondary N) is 1. The Labute approximate surface area is 197 Å². The Morgan fingerprint density at radius 1 is 1.14 bits per heavy atom. The number of hydrogen-bond acceptors (Lipinski definition) is 5. The molecule has 0 unspecified atom stereocenters. The third-order valence-electron chi connectivity index (χ3n) is 5.74. The molecule has 35 heavy (non-hydrogen) atoms. The molecule has 0 radical (unpaired) electrons. The van der Waals surface area contributed by atoms with Crippen molar-refractivity contribution in [1.82, 2.24) is 9.88 Å². The van der Waals surface area contributed by atoms with Crippen LogP contribution in [0.5, 0.6) is 0 Å². The van der Waals surface area contributed by atoms with Gasteiger partial charge in [0.25, 0.3) is 5.91 Å². The van der Waals surface area contributed by atoms with Crippen molar-refractivity contribution in [3.05, 3.63) is 65.9 Å². The van der Waals surface area contributed by atoms with Crippen molar-refractivity contribution >= 4 is 40.1 Å². The van der Waals surface area contributed by atoms with E-state index in [0.717, 1.165) is 17.0 Å². The van der Waals surface area contributed by atoms with Gasteiger partial charge in [-0.2, -0.15) is 18.4 Å². The number of rotatable bonds is 4. The first-order valence-corrected chi connectivity index (χ1v) is 10.4. The van der Waals surface area contributed by atoms with Gasteiger partial charge in [-0.15, -0.1) is 0 Å². The molecule has 2 heterocycles. The summed E-state index contributed by atoms with van der Waals surface area (Å²) in [5, 5.41) is 12.4. The number of benzene rings is 2. The number of para-hydroxylation sites is 1. The third kappa shape index (κ3) is 4.14. The smallest absolute Gasteiger partial charge is 0.324 e. The molecule has 2 aromatic carbocycles. The van der Waals surface area contributed by atoms with Gasteiger partial charge in [0.15, 0.2) is 0 Å². The van der Waals surface area contributed by atoms with Gasteiger partial charge in [0, 0.05) is 11.6 Å². The SMILES string of the molecule is CC1(C)C(=O)N(c2ccc(C#N)c(C(F)(F)F)c2)C(=O)N1CC(=O)Nc1ccnc2ccccc12. The maximum Gasteiger partial charge on any atom is 0.417 e. The Morgan fingerprint density at radius 3 is 2.54 bits per heavy atom. The summed E-state index contributed by atoms with van der Waals surface area (Å²) in [6.07, 6.45) is -3.35. The summed E-state index contributed by atoms with van der Waals surface area (Å²) in [4.78, 5) is 44.8. The van der Waals surface area contributed by atoms with Crippen LogP contribution in [0, 0.1) is 11.3 Å². The number of carbonyl (C=O) groups excluding carboxylic acids is 3. The van der Waals surface area contributed by atoms with Gasteiger partial charge in [-0.25, -0.2) is 9.69 Å². The number of imide groups is 1. The summed E-state index contributed by atoms with van der Waals surface area (Å²) in [6.45, 7) is 2.28. The molecule has 1 N–H and O–H groups in total. The number of urea groups is 1. The number of halogens is 3. The van der Waals surface area contributed by atoms with E-state index >= 15 is 0 Å². The molecule has 4 amide bonds. The summed E-state index contributed by atoms with van der Waals surface area (Å²) in [6, 6.07) is 11.7. The topological polar surface area (TPSA) is 106 Å². The monoisotopic (exact) mass is 481 g/mol. The molecule has 0 aliphatic carbocycles. The second-order valence-corrected chi connectivity index (χ2v) is 8.33. The van der Waals surface area contributed by atoms with Crippen LogP contribution in [0.1, 0.15) is 25.0 Å². The molecular formula is C24H18F3N5O3. The minimum Gasteiger partial charge on any atom is -0.324 e. The van der Waals surface area contributed by atoms with Gasteiger partial charge >= 0.3 is 12.2 Å². The molecule has 1 saturated heterocycles. The highest BCUT2D eigenvalue weighted by Crippen LogP contribution is 2.37. The number of alkyl halides is 3. The molecular weight excluding hydrogens is 463 g/mol. The minimum atomic E-state index is -4.87. The number of aromatic nitrogens is 1. The Kier molecular flexibility index (Phi) is 5.68. The number of anilines is 2. The standard InChI is InChI=1S/C24H18F3N5O3/c1-23(2)21(34)32(15-8-7-14(12-28)17(11-15)24(25,26)27)22(35)31(23)13-20(33)30-19-9-10-29-18-6-4-3-5-16(18)19/h3-11H,13H2,1-2H3,(H,29,30,33). The molecule has 8 nitrogen and oxygen atoms in total. The van der Waals surface area contributed by atoms with Gasteiger partial charge < -0.3 is 10.2 Å². The van der Waals surface area contributed by atoms with Crippen LogP contribution >= 0.6 is 0 Å². The van der Waals surface area contributed by atoms with Crippen molar-refractivity contribution in [2.45, 2.75) is 25.6 Å². The molecule has 1 aromatic heterocycles. The van der Waals surface area contributed by atoms with E-state index in [1.54, 1.807) is 30.3 Å². The lowest BCUT2D eigenvalue weighted by atomic mass is 10.0. The van der Waals surface area contributed by atoms with Gasteiger partial charge in [-0.1, -0.05) is 18.2 Å². The zero-order valence-corrected chi connectivity index (χ0v) is 18.6. The molecule has 0 saturated carbocycles. The zero-order valence-electron chi connectivity index (χ0n) is 18.6. The van der Waals surface area contributed by atoms with Gasteiger partial charge in [-0.05, 0) is 44.2 Å². The number of nitriles is 1. The van der Waals surface area contributed by atoms with E-state index in [9.17, 15) is 27.6 Å². The summed E-state index contributed by atoms with van der Waals surface area (Å²) in [5.41, 5.74) is -2.67. The van der Waals surface area contributed by atoms with Crippen molar-refractivity contribution in [2.75, 3.05) is 16.8 Å². The van der Waals surface area contributed by atoms with Crippen LogP contribution in [0.2, 0.25) is 0 Å². The summed E-state index contributed by atoms with van der Waals surface area (Å²) >= 11 is 0.